The first-order valence-electron chi connectivity index (χ1n) is 8.63. The van der Waals surface area contributed by atoms with Crippen LogP contribution in [0.2, 0.25) is 0 Å². The van der Waals surface area contributed by atoms with E-state index in [0.29, 0.717) is 18.5 Å². The fourth-order valence-corrected chi connectivity index (χ4v) is 3.53. The normalized spacial score (nSPS) is 21.1. The van der Waals surface area contributed by atoms with Gasteiger partial charge in [0.15, 0.2) is 11.6 Å². The van der Waals surface area contributed by atoms with Gasteiger partial charge in [-0.2, -0.15) is 0 Å². The van der Waals surface area contributed by atoms with Gasteiger partial charge in [-0.1, -0.05) is 19.3 Å². The van der Waals surface area contributed by atoms with Gasteiger partial charge in [0.1, 0.15) is 0 Å². The van der Waals surface area contributed by atoms with Crippen LogP contribution in [0, 0.1) is 5.82 Å². The number of ether oxygens (including phenoxy) is 1. The van der Waals surface area contributed by atoms with Crippen LogP contribution in [0.5, 0.6) is 5.75 Å². The van der Waals surface area contributed by atoms with Gasteiger partial charge < -0.3 is 15.8 Å². The summed E-state index contributed by atoms with van der Waals surface area (Å²) < 4.78 is 19.9. The monoisotopic (exact) mass is 320 g/mol. The summed E-state index contributed by atoms with van der Waals surface area (Å²) in [6.07, 6.45) is 8.76. The number of carbonyl (C=O) groups is 1. The number of carbonyl (C=O) groups excluding carboxylic acids is 1. The molecule has 23 heavy (non-hydrogen) atoms. The third-order valence-corrected chi connectivity index (χ3v) is 4.98. The molecule has 0 radical (unpaired) electrons. The minimum Gasteiger partial charge on any atom is -0.487 e. The SMILES string of the molecule is NC1(C(=O)Nc2ccc(OC3CCCC3)c(F)c2)CCCCC1. The van der Waals surface area contributed by atoms with Crippen molar-refractivity contribution < 1.29 is 13.9 Å². The summed E-state index contributed by atoms with van der Waals surface area (Å²) >= 11 is 0. The molecule has 2 fully saturated rings. The minimum absolute atomic E-state index is 0.111. The molecule has 126 valence electrons. The lowest BCUT2D eigenvalue weighted by Crippen LogP contribution is -2.52. The Morgan fingerprint density at radius 3 is 2.52 bits per heavy atom. The first-order chi connectivity index (χ1) is 11.1. The molecule has 3 N–H and O–H groups in total. The topological polar surface area (TPSA) is 64.4 Å². The van der Waals surface area contributed by atoms with Gasteiger partial charge in [0.2, 0.25) is 5.91 Å². The Kier molecular flexibility index (Phi) is 4.85. The Balaban J connectivity index is 1.64. The van der Waals surface area contributed by atoms with Crippen LogP contribution in [0.3, 0.4) is 0 Å². The van der Waals surface area contributed by atoms with E-state index in [9.17, 15) is 9.18 Å². The van der Waals surface area contributed by atoms with Crippen molar-refractivity contribution in [2.45, 2.75) is 69.4 Å². The molecule has 2 aliphatic rings. The maximum Gasteiger partial charge on any atom is 0.244 e. The van der Waals surface area contributed by atoms with Gasteiger partial charge in [-0.25, -0.2) is 4.39 Å². The third kappa shape index (κ3) is 3.83. The molecule has 2 aliphatic carbocycles. The van der Waals surface area contributed by atoms with E-state index < -0.39 is 11.4 Å². The molecule has 0 aromatic heterocycles. The number of nitrogens with two attached hydrogens (primary N) is 1. The highest BCUT2D eigenvalue weighted by Gasteiger charge is 2.35. The maximum absolute atomic E-state index is 14.2. The Morgan fingerprint density at radius 2 is 1.87 bits per heavy atom. The van der Waals surface area contributed by atoms with Crippen molar-refractivity contribution in [2.24, 2.45) is 5.73 Å². The first-order valence-corrected chi connectivity index (χ1v) is 8.63. The molecule has 0 bridgehead atoms. The van der Waals surface area contributed by atoms with Crippen molar-refractivity contribution >= 4 is 11.6 Å². The van der Waals surface area contributed by atoms with E-state index in [2.05, 4.69) is 5.32 Å². The van der Waals surface area contributed by atoms with Gasteiger partial charge in [-0.15, -0.1) is 0 Å². The van der Waals surface area contributed by atoms with E-state index in [-0.39, 0.29) is 17.8 Å². The zero-order chi connectivity index (χ0) is 16.3. The fraction of sp³-hybridized carbons (Fsp3) is 0.611. The van der Waals surface area contributed by atoms with Crippen LogP contribution in [0.25, 0.3) is 0 Å². The van der Waals surface area contributed by atoms with Gasteiger partial charge in [-0.05, 0) is 50.7 Å². The molecule has 5 heteroatoms. The molecular weight excluding hydrogens is 295 g/mol. The predicted molar refractivity (Wildman–Crippen MR) is 87.9 cm³/mol. The maximum atomic E-state index is 14.2. The molecule has 0 unspecified atom stereocenters. The average molecular weight is 320 g/mol. The Hall–Kier alpha value is -1.62. The summed E-state index contributed by atoms with van der Waals surface area (Å²) in [4.78, 5) is 12.4. The van der Waals surface area contributed by atoms with E-state index in [0.717, 1.165) is 44.9 Å². The van der Waals surface area contributed by atoms with Crippen LogP contribution in [0.4, 0.5) is 10.1 Å². The molecule has 4 nitrogen and oxygen atoms in total. The summed E-state index contributed by atoms with van der Waals surface area (Å²) in [6, 6.07) is 4.58. The van der Waals surface area contributed by atoms with E-state index in [1.807, 2.05) is 0 Å². The second kappa shape index (κ2) is 6.87. The number of hydrogen-bond acceptors (Lipinski definition) is 3. The molecule has 1 aromatic carbocycles. The van der Waals surface area contributed by atoms with Crippen molar-refractivity contribution in [1.82, 2.24) is 0 Å². The number of rotatable bonds is 4. The summed E-state index contributed by atoms with van der Waals surface area (Å²) in [5.74, 6) is -0.402. The van der Waals surface area contributed by atoms with Crippen LogP contribution in [0.15, 0.2) is 18.2 Å². The quantitative estimate of drug-likeness (QED) is 0.888. The average Bonchev–Trinajstić information content (AvgIpc) is 3.04. The second-order valence-corrected chi connectivity index (χ2v) is 6.84. The zero-order valence-electron chi connectivity index (χ0n) is 13.4. The molecular formula is C18H25FN2O2. The van der Waals surface area contributed by atoms with Crippen molar-refractivity contribution in [3.63, 3.8) is 0 Å². The molecule has 0 saturated heterocycles. The number of anilines is 1. The molecule has 3 rings (SSSR count). The summed E-state index contributed by atoms with van der Waals surface area (Å²) in [7, 11) is 0. The van der Waals surface area contributed by atoms with Crippen LogP contribution >= 0.6 is 0 Å². The number of benzene rings is 1. The Morgan fingerprint density at radius 1 is 1.17 bits per heavy atom. The van der Waals surface area contributed by atoms with Crippen LogP contribution in [0.1, 0.15) is 57.8 Å². The highest BCUT2D eigenvalue weighted by atomic mass is 19.1. The standard InChI is InChI=1S/C18H25FN2O2/c19-15-12-13(8-9-16(15)23-14-6-2-3-7-14)21-17(22)18(20)10-4-1-5-11-18/h8-9,12,14H,1-7,10-11,20H2,(H,21,22). The first kappa shape index (κ1) is 16.2. The van der Waals surface area contributed by atoms with E-state index in [1.54, 1.807) is 12.1 Å². The van der Waals surface area contributed by atoms with Crippen LogP contribution < -0.4 is 15.8 Å². The van der Waals surface area contributed by atoms with E-state index >= 15 is 0 Å². The highest BCUT2D eigenvalue weighted by Crippen LogP contribution is 2.30. The molecule has 0 heterocycles. The molecule has 0 atom stereocenters. The fourth-order valence-electron chi connectivity index (χ4n) is 3.53. The largest absolute Gasteiger partial charge is 0.487 e. The lowest BCUT2D eigenvalue weighted by atomic mass is 9.82. The zero-order valence-corrected chi connectivity index (χ0v) is 13.4. The lowest BCUT2D eigenvalue weighted by Gasteiger charge is -2.31. The molecule has 0 spiro atoms. The third-order valence-electron chi connectivity index (χ3n) is 4.98. The van der Waals surface area contributed by atoms with Gasteiger partial charge in [0.25, 0.3) is 0 Å². The number of hydrogen-bond donors (Lipinski definition) is 2. The smallest absolute Gasteiger partial charge is 0.244 e. The molecule has 0 aliphatic heterocycles. The predicted octanol–water partition coefficient (Wildman–Crippen LogP) is 3.75. The van der Waals surface area contributed by atoms with E-state index in [1.165, 1.54) is 6.07 Å². The van der Waals surface area contributed by atoms with Crippen LogP contribution in [-0.4, -0.2) is 17.6 Å². The van der Waals surface area contributed by atoms with Gasteiger partial charge in [0, 0.05) is 11.8 Å². The minimum atomic E-state index is -0.826. The second-order valence-electron chi connectivity index (χ2n) is 6.84. The number of halogens is 1. The lowest BCUT2D eigenvalue weighted by molar-refractivity contribution is -0.122. The van der Waals surface area contributed by atoms with Crippen molar-refractivity contribution in [1.29, 1.82) is 0 Å². The van der Waals surface area contributed by atoms with Crippen molar-refractivity contribution in [3.05, 3.63) is 24.0 Å². The van der Waals surface area contributed by atoms with Crippen molar-refractivity contribution in [3.8, 4) is 5.75 Å². The number of nitrogens with one attached hydrogen (secondary N) is 1. The van der Waals surface area contributed by atoms with E-state index in [4.69, 9.17) is 10.5 Å². The van der Waals surface area contributed by atoms with Gasteiger partial charge in [0.05, 0.1) is 11.6 Å². The molecule has 1 aromatic rings. The molecule has 1 amide bonds. The highest BCUT2D eigenvalue weighted by molar-refractivity contribution is 5.98. The summed E-state index contributed by atoms with van der Waals surface area (Å²) in [5.41, 5.74) is 5.80. The van der Waals surface area contributed by atoms with Gasteiger partial charge in [-0.3, -0.25) is 4.79 Å². The Labute approximate surface area is 136 Å². The Bertz CT molecular complexity index is 564. The van der Waals surface area contributed by atoms with Gasteiger partial charge >= 0.3 is 0 Å². The summed E-state index contributed by atoms with van der Waals surface area (Å²) in [6.45, 7) is 0. The van der Waals surface area contributed by atoms with Crippen molar-refractivity contribution in [2.75, 3.05) is 5.32 Å². The summed E-state index contributed by atoms with van der Waals surface area (Å²) in [5, 5.41) is 2.75. The molecule has 2 saturated carbocycles. The van der Waals surface area contributed by atoms with Crippen LogP contribution in [-0.2, 0) is 4.79 Å². The number of amides is 1.